The lowest BCUT2D eigenvalue weighted by molar-refractivity contribution is -0.136. The van der Waals surface area contributed by atoms with Crippen molar-refractivity contribution in [3.63, 3.8) is 0 Å². The molecule has 0 saturated carbocycles. The first-order valence-electron chi connectivity index (χ1n) is 9.25. The summed E-state index contributed by atoms with van der Waals surface area (Å²) in [6.07, 6.45) is 4.11. The molecule has 1 saturated heterocycles. The highest BCUT2D eigenvalue weighted by Gasteiger charge is 2.15. The van der Waals surface area contributed by atoms with Gasteiger partial charge in [-0.3, -0.25) is 9.59 Å². The van der Waals surface area contributed by atoms with Gasteiger partial charge in [-0.2, -0.15) is 4.98 Å². The minimum Gasteiger partial charge on any atom is -0.481 e. The molecule has 0 aliphatic carbocycles. The highest BCUT2D eigenvalue weighted by atomic mass is 16.5. The Bertz CT molecular complexity index is 766. The first-order chi connectivity index (χ1) is 13.1. The molecule has 8 heteroatoms. The summed E-state index contributed by atoms with van der Waals surface area (Å²) in [4.78, 5) is 26.9. The van der Waals surface area contributed by atoms with E-state index in [4.69, 9.17) is 9.63 Å². The second kappa shape index (κ2) is 9.27. The quantitative estimate of drug-likeness (QED) is 0.647. The first kappa shape index (κ1) is 19.0. The molecule has 8 nitrogen and oxygen atoms in total. The van der Waals surface area contributed by atoms with Crippen molar-refractivity contribution >= 4 is 11.9 Å². The van der Waals surface area contributed by atoms with Gasteiger partial charge in [0.05, 0.1) is 6.42 Å². The standard InChI is InChI=1S/C19H24N4O4/c24-17(25)9-12-21-19(26)15-4-2-14(3-5-15)18-22-16(27-23-18)6-1-13-7-10-20-11-8-13/h2-5,13,20H,1,6-12H2,(H,21,26)(H,24,25). The molecule has 1 fully saturated rings. The molecule has 1 aliphatic rings. The minimum atomic E-state index is -0.946. The zero-order valence-electron chi connectivity index (χ0n) is 15.1. The van der Waals surface area contributed by atoms with Crippen LogP contribution < -0.4 is 10.6 Å². The number of aryl methyl sites for hydroxylation is 1. The summed E-state index contributed by atoms with van der Waals surface area (Å²) < 4.78 is 5.35. The van der Waals surface area contributed by atoms with Crippen molar-refractivity contribution < 1.29 is 19.2 Å². The monoisotopic (exact) mass is 372 g/mol. The summed E-state index contributed by atoms with van der Waals surface area (Å²) in [6, 6.07) is 6.84. The zero-order chi connectivity index (χ0) is 19.1. The highest BCUT2D eigenvalue weighted by Crippen LogP contribution is 2.20. The van der Waals surface area contributed by atoms with Crippen LogP contribution in [0.2, 0.25) is 0 Å². The molecule has 27 heavy (non-hydrogen) atoms. The van der Waals surface area contributed by atoms with E-state index in [9.17, 15) is 9.59 Å². The Morgan fingerprint density at radius 1 is 1.22 bits per heavy atom. The number of hydrogen-bond donors (Lipinski definition) is 3. The Balaban J connectivity index is 1.53. The molecule has 3 N–H and O–H groups in total. The number of aliphatic carboxylic acids is 1. The van der Waals surface area contributed by atoms with Gasteiger partial charge in [-0.25, -0.2) is 0 Å². The molecule has 1 aliphatic heterocycles. The number of aromatic nitrogens is 2. The van der Waals surface area contributed by atoms with Gasteiger partial charge in [0.15, 0.2) is 0 Å². The fourth-order valence-corrected chi connectivity index (χ4v) is 3.13. The average molecular weight is 372 g/mol. The maximum atomic E-state index is 12.0. The molecule has 144 valence electrons. The van der Waals surface area contributed by atoms with Crippen LogP contribution >= 0.6 is 0 Å². The summed E-state index contributed by atoms with van der Waals surface area (Å²) >= 11 is 0. The molecule has 0 spiro atoms. The number of amides is 1. The van der Waals surface area contributed by atoms with Crippen LogP contribution in [-0.4, -0.2) is 46.8 Å². The van der Waals surface area contributed by atoms with Crippen LogP contribution in [0.15, 0.2) is 28.8 Å². The Hall–Kier alpha value is -2.74. The number of piperidine rings is 1. The number of benzene rings is 1. The Morgan fingerprint density at radius 3 is 2.67 bits per heavy atom. The van der Waals surface area contributed by atoms with Crippen molar-refractivity contribution in [3.8, 4) is 11.4 Å². The van der Waals surface area contributed by atoms with Gasteiger partial charge in [0.2, 0.25) is 11.7 Å². The maximum absolute atomic E-state index is 12.0. The number of rotatable bonds is 8. The lowest BCUT2D eigenvalue weighted by Crippen LogP contribution is -2.27. The topological polar surface area (TPSA) is 117 Å². The van der Waals surface area contributed by atoms with Crippen molar-refractivity contribution in [2.75, 3.05) is 19.6 Å². The molecule has 0 bridgehead atoms. The van der Waals surface area contributed by atoms with E-state index in [1.54, 1.807) is 24.3 Å². The van der Waals surface area contributed by atoms with Crippen LogP contribution in [-0.2, 0) is 11.2 Å². The number of hydrogen-bond acceptors (Lipinski definition) is 6. The number of carbonyl (C=O) groups is 2. The average Bonchev–Trinajstić information content (AvgIpc) is 3.16. The van der Waals surface area contributed by atoms with E-state index in [-0.39, 0.29) is 18.9 Å². The van der Waals surface area contributed by atoms with E-state index in [1.165, 1.54) is 12.8 Å². The van der Waals surface area contributed by atoms with Gasteiger partial charge >= 0.3 is 5.97 Å². The summed E-state index contributed by atoms with van der Waals surface area (Å²) in [5.74, 6) is 0.602. The molecule has 1 aromatic carbocycles. The van der Waals surface area contributed by atoms with Crippen molar-refractivity contribution in [1.82, 2.24) is 20.8 Å². The SMILES string of the molecule is O=C(O)CCNC(=O)c1ccc(-c2noc(CCC3CCNCC3)n2)cc1. The number of carbonyl (C=O) groups excluding carboxylic acids is 1. The van der Waals surface area contributed by atoms with Crippen molar-refractivity contribution in [2.24, 2.45) is 5.92 Å². The largest absolute Gasteiger partial charge is 0.481 e. The highest BCUT2D eigenvalue weighted by molar-refractivity contribution is 5.94. The lowest BCUT2D eigenvalue weighted by Gasteiger charge is -2.21. The minimum absolute atomic E-state index is 0.0984. The third kappa shape index (κ3) is 5.62. The van der Waals surface area contributed by atoms with Crippen molar-refractivity contribution in [3.05, 3.63) is 35.7 Å². The number of carboxylic acids is 1. The van der Waals surface area contributed by atoms with E-state index in [0.717, 1.165) is 31.5 Å². The lowest BCUT2D eigenvalue weighted by atomic mass is 9.93. The Labute approximate surface area is 157 Å². The Morgan fingerprint density at radius 2 is 1.96 bits per heavy atom. The van der Waals surface area contributed by atoms with Gasteiger partial charge in [0, 0.05) is 24.1 Å². The summed E-state index contributed by atoms with van der Waals surface area (Å²) in [5.41, 5.74) is 1.23. The second-order valence-electron chi connectivity index (χ2n) is 6.72. The molecule has 0 radical (unpaired) electrons. The summed E-state index contributed by atoms with van der Waals surface area (Å²) in [7, 11) is 0. The van der Waals surface area contributed by atoms with Crippen LogP contribution in [0, 0.1) is 5.92 Å². The predicted octanol–water partition coefficient (Wildman–Crippen LogP) is 1.87. The third-order valence-corrected chi connectivity index (χ3v) is 4.72. The van der Waals surface area contributed by atoms with Crippen LogP contribution in [0.25, 0.3) is 11.4 Å². The van der Waals surface area contributed by atoms with Gasteiger partial charge in [-0.05, 0) is 50.4 Å². The predicted molar refractivity (Wildman–Crippen MR) is 98.2 cm³/mol. The fraction of sp³-hybridized carbons (Fsp3) is 0.474. The van der Waals surface area contributed by atoms with Crippen LogP contribution in [0.4, 0.5) is 0 Å². The third-order valence-electron chi connectivity index (χ3n) is 4.72. The summed E-state index contributed by atoms with van der Waals surface area (Å²) in [6.45, 7) is 2.26. The van der Waals surface area contributed by atoms with Crippen molar-refractivity contribution in [1.29, 1.82) is 0 Å². The van der Waals surface area contributed by atoms with E-state index in [0.29, 0.717) is 23.2 Å². The van der Waals surface area contributed by atoms with Crippen LogP contribution in [0.5, 0.6) is 0 Å². The fourth-order valence-electron chi connectivity index (χ4n) is 3.13. The molecule has 3 rings (SSSR count). The molecule has 0 atom stereocenters. The molecule has 2 heterocycles. The van der Waals surface area contributed by atoms with Gasteiger partial charge in [-0.15, -0.1) is 0 Å². The van der Waals surface area contributed by atoms with E-state index in [1.807, 2.05) is 0 Å². The van der Waals surface area contributed by atoms with Crippen LogP contribution in [0.1, 0.15) is 41.9 Å². The number of carboxylic acid groups (broad SMARTS) is 1. The number of nitrogens with one attached hydrogen (secondary N) is 2. The molecule has 2 aromatic rings. The molecule has 0 unspecified atom stereocenters. The van der Waals surface area contributed by atoms with Gasteiger partial charge in [-0.1, -0.05) is 17.3 Å². The van der Waals surface area contributed by atoms with Gasteiger partial charge in [0.25, 0.3) is 5.91 Å². The number of nitrogens with zero attached hydrogens (tertiary/aromatic N) is 2. The zero-order valence-corrected chi connectivity index (χ0v) is 15.1. The smallest absolute Gasteiger partial charge is 0.305 e. The maximum Gasteiger partial charge on any atom is 0.305 e. The van der Waals surface area contributed by atoms with Gasteiger partial charge in [0.1, 0.15) is 0 Å². The molecular formula is C19H24N4O4. The van der Waals surface area contributed by atoms with Gasteiger partial charge < -0.3 is 20.3 Å². The first-order valence-corrected chi connectivity index (χ1v) is 9.25. The van der Waals surface area contributed by atoms with E-state index >= 15 is 0 Å². The normalized spacial score (nSPS) is 14.8. The molecule has 1 amide bonds. The second-order valence-corrected chi connectivity index (χ2v) is 6.72. The van der Waals surface area contributed by atoms with E-state index in [2.05, 4.69) is 20.8 Å². The molecule has 1 aromatic heterocycles. The summed E-state index contributed by atoms with van der Waals surface area (Å²) in [5, 5.41) is 18.6. The Kier molecular flexibility index (Phi) is 6.54. The van der Waals surface area contributed by atoms with Crippen LogP contribution in [0.3, 0.4) is 0 Å². The van der Waals surface area contributed by atoms with Crippen molar-refractivity contribution in [2.45, 2.75) is 32.1 Å². The molecular weight excluding hydrogens is 348 g/mol. The van der Waals surface area contributed by atoms with E-state index < -0.39 is 5.97 Å².